The fraction of sp³-hybridized carbons (Fsp3) is 0.318. The van der Waals surface area contributed by atoms with Crippen molar-refractivity contribution in [2.24, 2.45) is 0 Å². The van der Waals surface area contributed by atoms with Crippen molar-refractivity contribution < 1.29 is 17.9 Å². The van der Waals surface area contributed by atoms with Crippen molar-refractivity contribution in [1.82, 2.24) is 4.98 Å². The summed E-state index contributed by atoms with van der Waals surface area (Å²) >= 11 is 7.45. The van der Waals surface area contributed by atoms with E-state index >= 15 is 0 Å². The molecule has 0 spiro atoms. The predicted molar refractivity (Wildman–Crippen MR) is 125 cm³/mol. The molecule has 0 radical (unpaired) electrons. The first-order valence-electron chi connectivity index (χ1n) is 9.84. The number of hydrogen-bond donors (Lipinski definition) is 0. The van der Waals surface area contributed by atoms with Crippen LogP contribution in [0.2, 0.25) is 5.02 Å². The van der Waals surface area contributed by atoms with Crippen LogP contribution in [-0.2, 0) is 9.84 Å². The minimum atomic E-state index is -3.37. The molecule has 2 heterocycles. The summed E-state index contributed by atoms with van der Waals surface area (Å²) in [4.78, 5) is 7.26. The lowest BCUT2D eigenvalue weighted by molar-refractivity contribution is 0.394. The number of aromatic nitrogens is 1. The third kappa shape index (κ3) is 4.66. The highest BCUT2D eigenvalue weighted by Crippen LogP contribution is 2.34. The maximum absolute atomic E-state index is 13.0. The Hall–Kier alpha value is -2.29. The van der Waals surface area contributed by atoms with Gasteiger partial charge in [-0.15, -0.1) is 11.3 Å². The molecule has 0 N–H and O–H groups in total. The van der Waals surface area contributed by atoms with Gasteiger partial charge in [-0.05, 0) is 49.2 Å². The van der Waals surface area contributed by atoms with Gasteiger partial charge >= 0.3 is 0 Å². The van der Waals surface area contributed by atoms with Gasteiger partial charge in [0, 0.05) is 35.1 Å². The molecule has 9 heteroatoms. The number of nitrogens with zero attached hydrogens (tertiary/aromatic N) is 2. The molecule has 164 valence electrons. The fourth-order valence-corrected chi connectivity index (χ4v) is 6.42. The molecule has 0 saturated carbocycles. The lowest BCUT2D eigenvalue weighted by Gasteiger charge is -2.31. The van der Waals surface area contributed by atoms with E-state index in [9.17, 15) is 8.42 Å². The minimum Gasteiger partial charge on any atom is -0.497 e. The van der Waals surface area contributed by atoms with E-state index in [1.807, 2.05) is 23.6 Å². The number of rotatable bonds is 6. The van der Waals surface area contributed by atoms with Gasteiger partial charge in [-0.1, -0.05) is 11.6 Å². The smallest absolute Gasteiger partial charge is 0.185 e. The Morgan fingerprint density at radius 1 is 1.03 bits per heavy atom. The van der Waals surface area contributed by atoms with E-state index in [2.05, 4.69) is 4.90 Å². The van der Waals surface area contributed by atoms with Crippen molar-refractivity contribution in [1.29, 1.82) is 0 Å². The Labute approximate surface area is 191 Å². The van der Waals surface area contributed by atoms with Crippen molar-refractivity contribution in [3.8, 4) is 22.8 Å². The van der Waals surface area contributed by atoms with Crippen molar-refractivity contribution in [2.45, 2.75) is 23.0 Å². The van der Waals surface area contributed by atoms with Crippen molar-refractivity contribution >= 4 is 37.9 Å². The number of methoxy groups -OCH3 is 2. The SMILES string of the molecule is COc1cc(OC)cc(-c2csc(N3CCC(S(=O)(=O)c4ccc(Cl)cc4)CC3)n2)c1. The summed E-state index contributed by atoms with van der Waals surface area (Å²) in [6.07, 6.45) is 1.12. The van der Waals surface area contributed by atoms with Crippen molar-refractivity contribution in [2.75, 3.05) is 32.2 Å². The maximum atomic E-state index is 13.0. The van der Waals surface area contributed by atoms with Gasteiger partial charge in [-0.2, -0.15) is 0 Å². The lowest BCUT2D eigenvalue weighted by atomic mass is 10.1. The second kappa shape index (κ2) is 9.06. The minimum absolute atomic E-state index is 0.332. The van der Waals surface area contributed by atoms with E-state index in [1.54, 1.807) is 49.8 Å². The molecule has 0 unspecified atom stereocenters. The number of anilines is 1. The average molecular weight is 479 g/mol. The van der Waals surface area contributed by atoms with E-state index in [0.717, 1.165) is 16.4 Å². The van der Waals surface area contributed by atoms with E-state index in [4.69, 9.17) is 26.1 Å². The zero-order valence-corrected chi connectivity index (χ0v) is 19.6. The van der Waals surface area contributed by atoms with Gasteiger partial charge in [-0.25, -0.2) is 13.4 Å². The first-order chi connectivity index (χ1) is 14.9. The lowest BCUT2D eigenvalue weighted by Crippen LogP contribution is -2.39. The number of halogens is 1. The molecule has 1 aromatic heterocycles. The topological polar surface area (TPSA) is 68.7 Å². The monoisotopic (exact) mass is 478 g/mol. The molecule has 0 amide bonds. The Morgan fingerprint density at radius 2 is 1.65 bits per heavy atom. The van der Waals surface area contributed by atoms with Crippen LogP contribution in [0.1, 0.15) is 12.8 Å². The predicted octanol–water partition coefficient (Wildman–Crippen LogP) is 4.92. The van der Waals surface area contributed by atoms with Crippen LogP contribution in [0, 0.1) is 0 Å². The van der Waals surface area contributed by atoms with Crippen LogP contribution in [-0.4, -0.2) is 46.0 Å². The van der Waals surface area contributed by atoms with Crippen LogP contribution in [0.15, 0.2) is 52.7 Å². The number of thiazole rings is 1. The zero-order valence-electron chi connectivity index (χ0n) is 17.2. The highest BCUT2D eigenvalue weighted by atomic mass is 35.5. The summed E-state index contributed by atoms with van der Waals surface area (Å²) in [5.41, 5.74) is 1.76. The fourth-order valence-electron chi connectivity index (χ4n) is 3.67. The van der Waals surface area contributed by atoms with E-state index in [-0.39, 0.29) is 0 Å². The molecule has 0 atom stereocenters. The molecule has 2 aromatic carbocycles. The maximum Gasteiger partial charge on any atom is 0.185 e. The molecule has 4 rings (SSSR count). The van der Waals surface area contributed by atoms with Crippen LogP contribution in [0.4, 0.5) is 5.13 Å². The van der Waals surface area contributed by atoms with Gasteiger partial charge in [-0.3, -0.25) is 0 Å². The van der Waals surface area contributed by atoms with Crippen LogP contribution in [0.3, 0.4) is 0 Å². The molecular formula is C22H23ClN2O4S2. The highest BCUT2D eigenvalue weighted by molar-refractivity contribution is 7.92. The van der Waals surface area contributed by atoms with Gasteiger partial charge in [0.25, 0.3) is 0 Å². The van der Waals surface area contributed by atoms with E-state index in [1.165, 1.54) is 0 Å². The van der Waals surface area contributed by atoms with E-state index < -0.39 is 15.1 Å². The molecule has 3 aromatic rings. The Kier molecular flexibility index (Phi) is 6.41. The molecule has 31 heavy (non-hydrogen) atoms. The molecule has 0 bridgehead atoms. The van der Waals surface area contributed by atoms with Crippen molar-refractivity contribution in [3.05, 3.63) is 52.9 Å². The molecule has 1 aliphatic heterocycles. The quantitative estimate of drug-likeness (QED) is 0.500. The number of sulfone groups is 1. The first-order valence-corrected chi connectivity index (χ1v) is 12.6. The standard InChI is InChI=1S/C22H23ClN2O4S2/c1-28-17-11-15(12-18(13-17)29-2)21-14-30-22(24-21)25-9-7-20(8-10-25)31(26,27)19-5-3-16(23)4-6-19/h3-6,11-14,20H,7-10H2,1-2H3. The summed E-state index contributed by atoms with van der Waals surface area (Å²) in [6.45, 7) is 1.29. The van der Waals surface area contributed by atoms with E-state index in [0.29, 0.717) is 47.3 Å². The summed E-state index contributed by atoms with van der Waals surface area (Å²) in [5.74, 6) is 1.41. The third-order valence-corrected chi connectivity index (χ3v) is 8.86. The number of piperidine rings is 1. The first kappa shape index (κ1) is 21.9. The summed E-state index contributed by atoms with van der Waals surface area (Å²) in [7, 11) is -0.131. The normalized spacial score (nSPS) is 15.1. The molecular weight excluding hydrogens is 456 g/mol. The van der Waals surface area contributed by atoms with Crippen LogP contribution in [0.25, 0.3) is 11.3 Å². The summed E-state index contributed by atoms with van der Waals surface area (Å²) in [6, 6.07) is 12.1. The highest BCUT2D eigenvalue weighted by Gasteiger charge is 2.32. The van der Waals surface area contributed by atoms with Crippen molar-refractivity contribution in [3.63, 3.8) is 0 Å². The number of hydrogen-bond acceptors (Lipinski definition) is 7. The molecule has 6 nitrogen and oxygen atoms in total. The molecule has 0 aliphatic carbocycles. The van der Waals surface area contributed by atoms with Gasteiger partial charge in [0.15, 0.2) is 15.0 Å². The second-order valence-electron chi connectivity index (χ2n) is 7.30. The summed E-state index contributed by atoms with van der Waals surface area (Å²) < 4.78 is 36.6. The van der Waals surface area contributed by atoms with Gasteiger partial charge in [0.1, 0.15) is 11.5 Å². The summed E-state index contributed by atoms with van der Waals surface area (Å²) in [5, 5.41) is 3.02. The van der Waals surface area contributed by atoms with Gasteiger partial charge in [0.05, 0.1) is 30.1 Å². The van der Waals surface area contributed by atoms with Gasteiger partial charge in [0.2, 0.25) is 0 Å². The van der Waals surface area contributed by atoms with Crippen LogP contribution >= 0.6 is 22.9 Å². The van der Waals surface area contributed by atoms with Crippen LogP contribution in [0.5, 0.6) is 11.5 Å². The number of benzene rings is 2. The molecule has 1 aliphatic rings. The number of ether oxygens (including phenoxy) is 2. The van der Waals surface area contributed by atoms with Crippen LogP contribution < -0.4 is 14.4 Å². The third-order valence-electron chi connectivity index (χ3n) is 5.43. The zero-order chi connectivity index (χ0) is 22.0. The molecule has 1 saturated heterocycles. The largest absolute Gasteiger partial charge is 0.497 e. The second-order valence-corrected chi connectivity index (χ2v) is 10.8. The Bertz CT molecular complexity index is 1130. The Morgan fingerprint density at radius 3 is 2.23 bits per heavy atom. The average Bonchev–Trinajstić information content (AvgIpc) is 3.29. The molecule has 1 fully saturated rings. The Balaban J connectivity index is 1.47. The van der Waals surface area contributed by atoms with Gasteiger partial charge < -0.3 is 14.4 Å².